The van der Waals surface area contributed by atoms with E-state index >= 15 is 0 Å². The van der Waals surface area contributed by atoms with E-state index in [9.17, 15) is 14.2 Å². The van der Waals surface area contributed by atoms with E-state index in [0.29, 0.717) is 5.56 Å². The highest BCUT2D eigenvalue weighted by Gasteiger charge is 2.20. The molecule has 0 heterocycles. The van der Waals surface area contributed by atoms with Gasteiger partial charge in [0.1, 0.15) is 6.54 Å². The summed E-state index contributed by atoms with van der Waals surface area (Å²) in [6.07, 6.45) is 0. The van der Waals surface area contributed by atoms with E-state index in [1.165, 1.54) is 12.1 Å². The number of benzene rings is 1. The SMILES string of the molecule is O=C(CNC(=O)c1ccccc1)OP(=O)(O)O. The number of carbonyl (C=O) groups is 2. The Hall–Kier alpha value is -1.69. The van der Waals surface area contributed by atoms with E-state index in [4.69, 9.17) is 9.79 Å². The summed E-state index contributed by atoms with van der Waals surface area (Å²) in [6, 6.07) is 8.07. The van der Waals surface area contributed by atoms with E-state index in [2.05, 4.69) is 9.84 Å². The van der Waals surface area contributed by atoms with Crippen LogP contribution in [-0.4, -0.2) is 28.2 Å². The zero-order chi connectivity index (χ0) is 12.9. The molecule has 0 radical (unpaired) electrons. The van der Waals surface area contributed by atoms with Crippen LogP contribution < -0.4 is 5.32 Å². The Morgan fingerprint density at radius 3 is 2.35 bits per heavy atom. The summed E-state index contributed by atoms with van der Waals surface area (Å²) < 4.78 is 14.0. The van der Waals surface area contributed by atoms with E-state index in [1.807, 2.05) is 0 Å². The molecule has 3 N–H and O–H groups in total. The molecular weight excluding hydrogens is 249 g/mol. The lowest BCUT2D eigenvalue weighted by atomic mass is 10.2. The number of phosphoric ester groups is 1. The highest BCUT2D eigenvalue weighted by atomic mass is 31.2. The van der Waals surface area contributed by atoms with E-state index < -0.39 is 26.2 Å². The molecule has 0 aliphatic heterocycles. The van der Waals surface area contributed by atoms with Crippen LogP contribution in [0.2, 0.25) is 0 Å². The van der Waals surface area contributed by atoms with Gasteiger partial charge in [0.15, 0.2) is 0 Å². The van der Waals surface area contributed by atoms with Crippen molar-refractivity contribution >= 4 is 19.7 Å². The van der Waals surface area contributed by atoms with Crippen LogP contribution in [0.15, 0.2) is 30.3 Å². The molecule has 92 valence electrons. The van der Waals surface area contributed by atoms with Gasteiger partial charge in [-0.2, -0.15) is 0 Å². The Kier molecular flexibility index (Phi) is 4.39. The van der Waals surface area contributed by atoms with Gasteiger partial charge in [0.25, 0.3) is 5.91 Å². The molecule has 8 heteroatoms. The fourth-order valence-electron chi connectivity index (χ4n) is 1.01. The van der Waals surface area contributed by atoms with Gasteiger partial charge in [-0.25, -0.2) is 9.36 Å². The van der Waals surface area contributed by atoms with Gasteiger partial charge in [-0.3, -0.25) is 14.6 Å². The first kappa shape index (κ1) is 13.4. The minimum Gasteiger partial charge on any atom is -0.369 e. The first-order valence-electron chi connectivity index (χ1n) is 4.50. The summed E-state index contributed by atoms with van der Waals surface area (Å²) in [5.74, 6) is -1.74. The molecule has 1 aromatic carbocycles. The molecular formula is C9H10NO6P. The van der Waals surface area contributed by atoms with E-state index in [1.54, 1.807) is 18.2 Å². The third kappa shape index (κ3) is 5.26. The molecule has 17 heavy (non-hydrogen) atoms. The number of nitrogens with one attached hydrogen (secondary N) is 1. The Bertz CT molecular complexity index is 454. The second kappa shape index (κ2) is 5.58. The molecule has 0 saturated carbocycles. The zero-order valence-electron chi connectivity index (χ0n) is 8.57. The molecule has 0 unspecified atom stereocenters. The monoisotopic (exact) mass is 259 g/mol. The molecule has 0 atom stereocenters. The van der Waals surface area contributed by atoms with Crippen molar-refractivity contribution in [3.63, 3.8) is 0 Å². The van der Waals surface area contributed by atoms with Gasteiger partial charge < -0.3 is 9.84 Å². The molecule has 0 saturated heterocycles. The maximum atomic E-state index is 11.4. The van der Waals surface area contributed by atoms with Crippen LogP contribution in [0, 0.1) is 0 Å². The smallest absolute Gasteiger partial charge is 0.369 e. The van der Waals surface area contributed by atoms with Crippen molar-refractivity contribution in [3.8, 4) is 0 Å². The largest absolute Gasteiger partial charge is 0.527 e. The molecule has 0 bridgehead atoms. The van der Waals surface area contributed by atoms with Gasteiger partial charge in [-0.15, -0.1) is 0 Å². The summed E-state index contributed by atoms with van der Waals surface area (Å²) in [5, 5.41) is 2.16. The first-order chi connectivity index (χ1) is 7.88. The summed E-state index contributed by atoms with van der Waals surface area (Å²) in [4.78, 5) is 38.9. The highest BCUT2D eigenvalue weighted by Crippen LogP contribution is 2.35. The number of phosphoric acid groups is 1. The second-order valence-electron chi connectivity index (χ2n) is 3.00. The predicted octanol–water partition coefficient (Wildman–Crippen LogP) is 0.0523. The van der Waals surface area contributed by atoms with Gasteiger partial charge in [-0.1, -0.05) is 18.2 Å². The Balaban J connectivity index is 2.44. The van der Waals surface area contributed by atoms with Crippen molar-refractivity contribution in [1.82, 2.24) is 5.32 Å². The van der Waals surface area contributed by atoms with E-state index in [-0.39, 0.29) is 0 Å². The molecule has 1 rings (SSSR count). The van der Waals surface area contributed by atoms with Crippen LogP contribution in [0.25, 0.3) is 0 Å². The van der Waals surface area contributed by atoms with E-state index in [0.717, 1.165) is 0 Å². The van der Waals surface area contributed by atoms with Crippen molar-refractivity contribution in [2.75, 3.05) is 6.54 Å². The van der Waals surface area contributed by atoms with Crippen molar-refractivity contribution in [2.24, 2.45) is 0 Å². The van der Waals surface area contributed by atoms with Crippen LogP contribution in [-0.2, 0) is 13.9 Å². The standard InChI is InChI=1S/C9H10NO6P/c11-8(16-17(13,14)15)6-10-9(12)7-4-2-1-3-5-7/h1-5H,6H2,(H,10,12)(H2,13,14,15). The normalized spacial score (nSPS) is 10.7. The van der Waals surface area contributed by atoms with Crippen LogP contribution >= 0.6 is 7.82 Å². The van der Waals surface area contributed by atoms with Gasteiger partial charge in [0.05, 0.1) is 0 Å². The van der Waals surface area contributed by atoms with Crippen molar-refractivity contribution < 1.29 is 28.5 Å². The lowest BCUT2D eigenvalue weighted by Gasteiger charge is -2.06. The zero-order valence-corrected chi connectivity index (χ0v) is 9.46. The average Bonchev–Trinajstić information content (AvgIpc) is 2.25. The maximum absolute atomic E-state index is 11.4. The lowest BCUT2D eigenvalue weighted by molar-refractivity contribution is -0.134. The Labute approximate surface area is 96.7 Å². The molecule has 1 aromatic rings. The topological polar surface area (TPSA) is 113 Å². The van der Waals surface area contributed by atoms with Gasteiger partial charge in [0, 0.05) is 5.56 Å². The number of carbonyl (C=O) groups excluding carboxylic acids is 2. The summed E-state index contributed by atoms with van der Waals surface area (Å²) in [7, 11) is -4.85. The van der Waals surface area contributed by atoms with Crippen LogP contribution in [0.4, 0.5) is 0 Å². The molecule has 1 amide bonds. The van der Waals surface area contributed by atoms with Crippen LogP contribution in [0.3, 0.4) is 0 Å². The van der Waals surface area contributed by atoms with Gasteiger partial charge in [0.2, 0.25) is 0 Å². The fourth-order valence-corrected chi connectivity index (χ4v) is 1.34. The third-order valence-electron chi connectivity index (χ3n) is 1.65. The highest BCUT2D eigenvalue weighted by molar-refractivity contribution is 7.46. The minimum absolute atomic E-state index is 0.330. The lowest BCUT2D eigenvalue weighted by Crippen LogP contribution is -2.30. The molecule has 0 spiro atoms. The quantitative estimate of drug-likeness (QED) is 0.658. The first-order valence-corrected chi connectivity index (χ1v) is 6.03. The molecule has 7 nitrogen and oxygen atoms in total. The van der Waals surface area contributed by atoms with Crippen molar-refractivity contribution in [2.45, 2.75) is 0 Å². The molecule has 0 aliphatic carbocycles. The molecule has 0 fully saturated rings. The van der Waals surface area contributed by atoms with Gasteiger partial charge >= 0.3 is 13.8 Å². The molecule has 0 aliphatic rings. The number of hydrogen-bond acceptors (Lipinski definition) is 4. The minimum atomic E-state index is -4.85. The fraction of sp³-hybridized carbons (Fsp3) is 0.111. The third-order valence-corrected chi connectivity index (χ3v) is 2.09. The summed E-state index contributed by atoms with van der Waals surface area (Å²) >= 11 is 0. The van der Waals surface area contributed by atoms with Crippen LogP contribution in [0.1, 0.15) is 10.4 Å². The molecule has 0 aromatic heterocycles. The average molecular weight is 259 g/mol. The maximum Gasteiger partial charge on any atom is 0.527 e. The summed E-state index contributed by atoms with van der Waals surface area (Å²) in [6.45, 7) is -0.612. The van der Waals surface area contributed by atoms with Crippen LogP contribution in [0.5, 0.6) is 0 Å². The summed E-state index contributed by atoms with van der Waals surface area (Å²) in [5.41, 5.74) is 0.330. The predicted molar refractivity (Wildman–Crippen MR) is 56.9 cm³/mol. The van der Waals surface area contributed by atoms with Crippen molar-refractivity contribution in [3.05, 3.63) is 35.9 Å². The number of rotatable bonds is 4. The number of amides is 1. The van der Waals surface area contributed by atoms with Gasteiger partial charge in [-0.05, 0) is 12.1 Å². The Morgan fingerprint density at radius 1 is 1.24 bits per heavy atom. The second-order valence-corrected chi connectivity index (χ2v) is 4.17. The van der Waals surface area contributed by atoms with Crippen molar-refractivity contribution in [1.29, 1.82) is 0 Å². The Morgan fingerprint density at radius 2 is 1.82 bits per heavy atom. The number of hydrogen-bond donors (Lipinski definition) is 3.